The number of benzene rings is 1. The molecule has 1 atom stereocenters. The maximum absolute atomic E-state index is 13.3. The molecule has 6 heteroatoms. The van der Waals surface area contributed by atoms with Crippen LogP contribution in [0.3, 0.4) is 0 Å². The molecule has 110 valence electrons. The molecule has 3 N–H and O–H groups in total. The van der Waals surface area contributed by atoms with E-state index in [2.05, 4.69) is 10.6 Å². The minimum Gasteiger partial charge on any atom is -0.480 e. The number of carboxylic acid groups (broad SMARTS) is 1. The van der Waals surface area contributed by atoms with E-state index in [-0.39, 0.29) is 24.6 Å². The zero-order chi connectivity index (χ0) is 15.2. The number of carbonyl (C=O) groups excluding carboxylic acids is 1. The summed E-state index contributed by atoms with van der Waals surface area (Å²) in [4.78, 5) is 22.7. The second-order valence-corrected chi connectivity index (χ2v) is 4.70. The largest absolute Gasteiger partial charge is 0.480 e. The lowest BCUT2D eigenvalue weighted by Crippen LogP contribution is -2.49. The first-order chi connectivity index (χ1) is 9.39. The lowest BCUT2D eigenvalue weighted by molar-refractivity contribution is -0.144. The fourth-order valence-corrected chi connectivity index (χ4v) is 1.58. The molecule has 0 aliphatic carbocycles. The summed E-state index contributed by atoms with van der Waals surface area (Å²) in [6.07, 6.45) is 0.467. The van der Waals surface area contributed by atoms with Gasteiger partial charge in [-0.2, -0.15) is 0 Å². The molecule has 1 aromatic rings. The molecule has 0 bridgehead atoms. The van der Waals surface area contributed by atoms with Crippen LogP contribution in [-0.4, -0.2) is 29.1 Å². The molecule has 0 heterocycles. The van der Waals surface area contributed by atoms with Crippen LogP contribution in [0.25, 0.3) is 0 Å². The normalized spacial score (nSPS) is 13.6. The highest BCUT2D eigenvalue weighted by Gasteiger charge is 2.30. The van der Waals surface area contributed by atoms with Gasteiger partial charge in [0.2, 0.25) is 5.91 Å². The molecule has 0 fully saturated rings. The van der Waals surface area contributed by atoms with Crippen molar-refractivity contribution in [2.75, 3.05) is 11.9 Å². The van der Waals surface area contributed by atoms with E-state index in [0.717, 1.165) is 0 Å². The molecular weight excluding hydrogens is 263 g/mol. The highest BCUT2D eigenvalue weighted by molar-refractivity contribution is 5.91. The Hall–Kier alpha value is -1.95. The number of hydrogen-bond acceptors (Lipinski definition) is 3. The number of halogens is 1. The average molecular weight is 282 g/mol. The number of nitrogens with one attached hydrogen (secondary N) is 2. The highest BCUT2D eigenvalue weighted by atomic mass is 19.1. The standard InChI is InChI=1S/C14H19FN2O3/c1-3-14(2,13(19)20)16-9-8-12(18)17-11-7-5-4-6-10(11)15/h4-7,16H,3,8-9H2,1-2H3,(H,17,18)(H,19,20). The van der Waals surface area contributed by atoms with Crippen molar-refractivity contribution in [3.63, 3.8) is 0 Å². The van der Waals surface area contributed by atoms with Crippen LogP contribution in [0.5, 0.6) is 0 Å². The van der Waals surface area contributed by atoms with Crippen LogP contribution in [0, 0.1) is 5.82 Å². The van der Waals surface area contributed by atoms with Crippen LogP contribution in [0.2, 0.25) is 0 Å². The summed E-state index contributed by atoms with van der Waals surface area (Å²) in [6, 6.07) is 5.88. The number of aliphatic carboxylic acids is 1. The van der Waals surface area contributed by atoms with Crippen molar-refractivity contribution in [2.45, 2.75) is 32.2 Å². The molecule has 0 saturated carbocycles. The van der Waals surface area contributed by atoms with Crippen LogP contribution in [0.1, 0.15) is 26.7 Å². The molecule has 0 radical (unpaired) electrons. The summed E-state index contributed by atoms with van der Waals surface area (Å²) in [5.74, 6) is -1.83. The Balaban J connectivity index is 2.45. The highest BCUT2D eigenvalue weighted by Crippen LogP contribution is 2.13. The number of para-hydroxylation sites is 1. The number of carbonyl (C=O) groups is 2. The van der Waals surface area contributed by atoms with E-state index >= 15 is 0 Å². The summed E-state index contributed by atoms with van der Waals surface area (Å²) >= 11 is 0. The summed E-state index contributed by atoms with van der Waals surface area (Å²) in [5, 5.41) is 14.3. The molecule has 0 aromatic heterocycles. The quantitative estimate of drug-likeness (QED) is 0.714. The molecule has 1 rings (SSSR count). The smallest absolute Gasteiger partial charge is 0.323 e. The predicted molar refractivity (Wildman–Crippen MR) is 74.0 cm³/mol. The van der Waals surface area contributed by atoms with Gasteiger partial charge in [0.25, 0.3) is 0 Å². The van der Waals surface area contributed by atoms with Gasteiger partial charge in [-0.3, -0.25) is 9.59 Å². The van der Waals surface area contributed by atoms with Gasteiger partial charge in [-0.1, -0.05) is 19.1 Å². The van der Waals surface area contributed by atoms with Gasteiger partial charge in [0, 0.05) is 13.0 Å². The van der Waals surface area contributed by atoms with Crippen molar-refractivity contribution in [2.24, 2.45) is 0 Å². The van der Waals surface area contributed by atoms with E-state index in [9.17, 15) is 14.0 Å². The van der Waals surface area contributed by atoms with Crippen LogP contribution < -0.4 is 10.6 Å². The molecule has 0 saturated heterocycles. The van der Waals surface area contributed by atoms with Crippen LogP contribution in [0.4, 0.5) is 10.1 Å². The summed E-state index contributed by atoms with van der Waals surface area (Å²) in [5.41, 5.74) is -0.938. The molecule has 0 aliphatic rings. The van der Waals surface area contributed by atoms with Crippen LogP contribution in [-0.2, 0) is 9.59 Å². The zero-order valence-corrected chi connectivity index (χ0v) is 11.6. The van der Waals surface area contributed by atoms with Crippen molar-refractivity contribution >= 4 is 17.6 Å². The van der Waals surface area contributed by atoms with Gasteiger partial charge >= 0.3 is 5.97 Å². The zero-order valence-electron chi connectivity index (χ0n) is 11.6. The van der Waals surface area contributed by atoms with E-state index in [0.29, 0.717) is 6.42 Å². The van der Waals surface area contributed by atoms with Crippen molar-refractivity contribution in [3.8, 4) is 0 Å². The number of carboxylic acids is 1. The Kier molecular flexibility index (Phi) is 5.64. The van der Waals surface area contributed by atoms with E-state index in [1.54, 1.807) is 19.9 Å². The molecule has 20 heavy (non-hydrogen) atoms. The molecule has 1 amide bonds. The third kappa shape index (κ3) is 4.31. The maximum Gasteiger partial charge on any atom is 0.323 e. The van der Waals surface area contributed by atoms with Crippen molar-refractivity contribution in [1.82, 2.24) is 5.32 Å². The lowest BCUT2D eigenvalue weighted by Gasteiger charge is -2.24. The third-order valence-electron chi connectivity index (χ3n) is 3.19. The van der Waals surface area contributed by atoms with E-state index in [1.165, 1.54) is 18.2 Å². The number of anilines is 1. The first-order valence-electron chi connectivity index (χ1n) is 6.42. The summed E-state index contributed by atoms with van der Waals surface area (Å²) in [7, 11) is 0. The second kappa shape index (κ2) is 7.00. The predicted octanol–water partition coefficient (Wildman–Crippen LogP) is 2.00. The van der Waals surface area contributed by atoms with E-state index < -0.39 is 17.3 Å². The van der Waals surface area contributed by atoms with Crippen molar-refractivity contribution in [3.05, 3.63) is 30.1 Å². The summed E-state index contributed by atoms with van der Waals surface area (Å²) in [6.45, 7) is 3.52. The van der Waals surface area contributed by atoms with Gasteiger partial charge in [0.05, 0.1) is 5.69 Å². The number of amides is 1. The third-order valence-corrected chi connectivity index (χ3v) is 3.19. The van der Waals surface area contributed by atoms with Gasteiger partial charge in [0.15, 0.2) is 0 Å². The van der Waals surface area contributed by atoms with Crippen molar-refractivity contribution < 1.29 is 19.1 Å². The number of hydrogen-bond donors (Lipinski definition) is 3. The first kappa shape index (κ1) is 16.1. The Morgan fingerprint density at radius 2 is 2.00 bits per heavy atom. The van der Waals surface area contributed by atoms with Gasteiger partial charge in [-0.05, 0) is 25.5 Å². The summed E-state index contributed by atoms with van der Waals surface area (Å²) < 4.78 is 13.3. The Morgan fingerprint density at radius 1 is 1.35 bits per heavy atom. The van der Waals surface area contributed by atoms with Gasteiger partial charge in [-0.25, -0.2) is 4.39 Å². The van der Waals surface area contributed by atoms with Gasteiger partial charge in [0.1, 0.15) is 11.4 Å². The minimum absolute atomic E-state index is 0.0667. The first-order valence-corrected chi connectivity index (χ1v) is 6.42. The van der Waals surface area contributed by atoms with Crippen LogP contribution in [0.15, 0.2) is 24.3 Å². The topological polar surface area (TPSA) is 78.4 Å². The minimum atomic E-state index is -1.06. The molecule has 0 spiro atoms. The Morgan fingerprint density at radius 3 is 2.55 bits per heavy atom. The van der Waals surface area contributed by atoms with E-state index in [4.69, 9.17) is 5.11 Å². The fourth-order valence-electron chi connectivity index (χ4n) is 1.58. The Labute approximate surface area is 117 Å². The average Bonchev–Trinajstić information content (AvgIpc) is 2.41. The lowest BCUT2D eigenvalue weighted by atomic mass is 9.99. The number of rotatable bonds is 7. The molecule has 0 aliphatic heterocycles. The molecule has 1 unspecified atom stereocenters. The molecule has 5 nitrogen and oxygen atoms in total. The molecule has 1 aromatic carbocycles. The SMILES string of the molecule is CCC(C)(NCCC(=O)Nc1ccccc1F)C(=O)O. The second-order valence-electron chi connectivity index (χ2n) is 4.70. The van der Waals surface area contributed by atoms with Gasteiger partial charge in [-0.15, -0.1) is 0 Å². The molecular formula is C14H19FN2O3. The van der Waals surface area contributed by atoms with Gasteiger partial charge < -0.3 is 15.7 Å². The van der Waals surface area contributed by atoms with Crippen molar-refractivity contribution in [1.29, 1.82) is 0 Å². The van der Waals surface area contributed by atoms with Crippen LogP contribution >= 0.6 is 0 Å². The monoisotopic (exact) mass is 282 g/mol. The van der Waals surface area contributed by atoms with E-state index in [1.807, 2.05) is 0 Å². The fraction of sp³-hybridized carbons (Fsp3) is 0.429. The Bertz CT molecular complexity index is 493. The maximum atomic E-state index is 13.3.